The summed E-state index contributed by atoms with van der Waals surface area (Å²) < 4.78 is 14.0. The van der Waals surface area contributed by atoms with Crippen LogP contribution in [0, 0.1) is 18.7 Å². The largest absolute Gasteiger partial charge is 0.399 e. The molecule has 1 saturated heterocycles. The van der Waals surface area contributed by atoms with Gasteiger partial charge in [0.05, 0.1) is 11.7 Å². The van der Waals surface area contributed by atoms with Gasteiger partial charge in [0.25, 0.3) is 5.91 Å². The highest BCUT2D eigenvalue weighted by molar-refractivity contribution is 5.95. The lowest BCUT2D eigenvalue weighted by Gasteiger charge is -2.18. The number of benzene rings is 1. The fraction of sp³-hybridized carbons (Fsp3) is 0.500. The Labute approximate surface area is 112 Å². The normalized spacial score (nSPS) is 20.6. The van der Waals surface area contributed by atoms with Crippen LogP contribution < -0.4 is 5.73 Å². The highest BCUT2D eigenvalue weighted by Gasteiger charge is 2.31. The molecule has 0 bridgehead atoms. The third kappa shape index (κ3) is 2.71. The van der Waals surface area contributed by atoms with E-state index in [1.165, 1.54) is 12.1 Å². The van der Waals surface area contributed by atoms with Gasteiger partial charge in [-0.15, -0.1) is 0 Å². The van der Waals surface area contributed by atoms with Crippen LogP contribution >= 0.6 is 0 Å². The summed E-state index contributed by atoms with van der Waals surface area (Å²) in [6, 6.07) is 2.88. The lowest BCUT2D eigenvalue weighted by molar-refractivity contribution is 0.0758. The minimum Gasteiger partial charge on any atom is -0.399 e. The minimum absolute atomic E-state index is 0.0174. The summed E-state index contributed by atoms with van der Waals surface area (Å²) in [5, 5.41) is 9.53. The molecular formula is C14H19FN2O2. The lowest BCUT2D eigenvalue weighted by Crippen LogP contribution is -2.31. The molecule has 1 heterocycles. The predicted octanol–water partition coefficient (Wildman–Crippen LogP) is 1.56. The number of amides is 1. The van der Waals surface area contributed by atoms with E-state index in [9.17, 15) is 14.3 Å². The number of nitrogens with two attached hydrogens (primary N) is 1. The number of halogens is 1. The van der Waals surface area contributed by atoms with Crippen molar-refractivity contribution in [1.29, 1.82) is 0 Å². The zero-order chi connectivity index (χ0) is 14.2. The first-order valence-corrected chi connectivity index (χ1v) is 6.43. The van der Waals surface area contributed by atoms with Gasteiger partial charge in [-0.2, -0.15) is 0 Å². The SMILES string of the molecule is Cc1cc(N)cc(C(=O)N2CCC(C(C)O)C2)c1F. The summed E-state index contributed by atoms with van der Waals surface area (Å²) in [7, 11) is 0. The van der Waals surface area contributed by atoms with Crippen LogP contribution in [0.4, 0.5) is 10.1 Å². The molecule has 2 rings (SSSR count). The van der Waals surface area contributed by atoms with E-state index in [-0.39, 0.29) is 17.4 Å². The van der Waals surface area contributed by atoms with Gasteiger partial charge in [-0.25, -0.2) is 4.39 Å². The van der Waals surface area contributed by atoms with Crippen LogP contribution in [0.1, 0.15) is 29.3 Å². The van der Waals surface area contributed by atoms with Gasteiger partial charge in [-0.3, -0.25) is 4.79 Å². The van der Waals surface area contributed by atoms with E-state index in [2.05, 4.69) is 0 Å². The van der Waals surface area contributed by atoms with Crippen molar-refractivity contribution in [1.82, 2.24) is 4.90 Å². The van der Waals surface area contributed by atoms with Crippen LogP contribution in [0.2, 0.25) is 0 Å². The van der Waals surface area contributed by atoms with Crippen LogP contribution in [0.3, 0.4) is 0 Å². The first kappa shape index (κ1) is 13.8. The molecule has 0 radical (unpaired) electrons. The van der Waals surface area contributed by atoms with E-state index < -0.39 is 11.9 Å². The Morgan fingerprint density at radius 3 is 2.84 bits per heavy atom. The number of hydrogen-bond donors (Lipinski definition) is 2. The Hall–Kier alpha value is -1.62. The van der Waals surface area contributed by atoms with Gasteiger partial charge in [0.2, 0.25) is 0 Å². The number of nitrogens with zero attached hydrogens (tertiary/aromatic N) is 1. The number of aryl methyl sites for hydroxylation is 1. The number of carbonyl (C=O) groups is 1. The summed E-state index contributed by atoms with van der Waals surface area (Å²) in [5.74, 6) is -0.801. The quantitative estimate of drug-likeness (QED) is 0.798. The molecule has 4 nitrogen and oxygen atoms in total. The standard InChI is InChI=1S/C14H19FN2O2/c1-8-5-11(16)6-12(13(8)15)14(19)17-4-3-10(7-17)9(2)18/h5-6,9-10,18H,3-4,7,16H2,1-2H3. The van der Waals surface area contributed by atoms with E-state index in [1.54, 1.807) is 18.7 Å². The number of carbonyl (C=O) groups excluding carboxylic acids is 1. The maximum absolute atomic E-state index is 14.0. The molecule has 1 aliphatic heterocycles. The molecule has 0 spiro atoms. The molecule has 1 aromatic carbocycles. The first-order chi connectivity index (χ1) is 8.90. The fourth-order valence-electron chi connectivity index (χ4n) is 2.49. The smallest absolute Gasteiger partial charge is 0.256 e. The van der Waals surface area contributed by atoms with Crippen molar-refractivity contribution in [3.05, 3.63) is 29.1 Å². The summed E-state index contributed by atoms with van der Waals surface area (Å²) in [6.45, 7) is 4.31. The van der Waals surface area contributed by atoms with Crippen LogP contribution in [0.15, 0.2) is 12.1 Å². The minimum atomic E-state index is -0.514. The molecule has 5 heteroatoms. The van der Waals surface area contributed by atoms with Gasteiger partial charge in [0, 0.05) is 24.7 Å². The number of rotatable bonds is 2. The molecule has 1 amide bonds. The molecule has 19 heavy (non-hydrogen) atoms. The van der Waals surface area contributed by atoms with Crippen molar-refractivity contribution < 1.29 is 14.3 Å². The summed E-state index contributed by atoms with van der Waals surface area (Å²) >= 11 is 0. The fourth-order valence-corrected chi connectivity index (χ4v) is 2.49. The molecule has 1 aromatic rings. The monoisotopic (exact) mass is 266 g/mol. The number of aliphatic hydroxyl groups is 1. The van der Waals surface area contributed by atoms with Crippen molar-refractivity contribution >= 4 is 11.6 Å². The van der Waals surface area contributed by atoms with Crippen LogP contribution in [-0.2, 0) is 0 Å². The summed E-state index contributed by atoms with van der Waals surface area (Å²) in [6.07, 6.45) is 0.289. The number of hydrogen-bond acceptors (Lipinski definition) is 3. The van der Waals surface area contributed by atoms with Crippen molar-refractivity contribution in [2.24, 2.45) is 5.92 Å². The molecule has 2 unspecified atom stereocenters. The summed E-state index contributed by atoms with van der Waals surface area (Å²) in [4.78, 5) is 13.9. The van der Waals surface area contributed by atoms with Crippen LogP contribution in [-0.4, -0.2) is 35.1 Å². The number of aliphatic hydroxyl groups excluding tert-OH is 1. The Balaban J connectivity index is 2.22. The second kappa shape index (κ2) is 5.17. The predicted molar refractivity (Wildman–Crippen MR) is 71.2 cm³/mol. The van der Waals surface area contributed by atoms with Crippen LogP contribution in [0.5, 0.6) is 0 Å². The highest BCUT2D eigenvalue weighted by atomic mass is 19.1. The maximum Gasteiger partial charge on any atom is 0.256 e. The number of likely N-dealkylation sites (tertiary alicyclic amines) is 1. The molecule has 2 atom stereocenters. The van der Waals surface area contributed by atoms with Crippen molar-refractivity contribution in [2.75, 3.05) is 18.8 Å². The average molecular weight is 266 g/mol. The zero-order valence-corrected chi connectivity index (χ0v) is 11.2. The lowest BCUT2D eigenvalue weighted by atomic mass is 10.0. The van der Waals surface area contributed by atoms with E-state index in [0.717, 1.165) is 6.42 Å². The second-order valence-electron chi connectivity index (χ2n) is 5.24. The Morgan fingerprint density at radius 2 is 2.26 bits per heavy atom. The van der Waals surface area contributed by atoms with Gasteiger partial charge < -0.3 is 15.7 Å². The van der Waals surface area contributed by atoms with E-state index in [4.69, 9.17) is 5.73 Å². The van der Waals surface area contributed by atoms with Crippen molar-refractivity contribution in [2.45, 2.75) is 26.4 Å². The van der Waals surface area contributed by atoms with Gasteiger partial charge in [-0.05, 0) is 38.0 Å². The van der Waals surface area contributed by atoms with Gasteiger partial charge in [0.15, 0.2) is 0 Å². The number of anilines is 1. The molecule has 3 N–H and O–H groups in total. The van der Waals surface area contributed by atoms with E-state index >= 15 is 0 Å². The zero-order valence-electron chi connectivity index (χ0n) is 11.2. The third-order valence-electron chi connectivity index (χ3n) is 3.70. The van der Waals surface area contributed by atoms with E-state index in [1.807, 2.05) is 0 Å². The highest BCUT2D eigenvalue weighted by Crippen LogP contribution is 2.24. The number of nitrogen functional groups attached to an aromatic ring is 1. The van der Waals surface area contributed by atoms with Crippen LogP contribution in [0.25, 0.3) is 0 Å². The molecule has 104 valence electrons. The van der Waals surface area contributed by atoms with Crippen molar-refractivity contribution in [3.8, 4) is 0 Å². The second-order valence-corrected chi connectivity index (χ2v) is 5.24. The first-order valence-electron chi connectivity index (χ1n) is 6.43. The average Bonchev–Trinajstić information content (AvgIpc) is 2.82. The van der Waals surface area contributed by atoms with Gasteiger partial charge in [0.1, 0.15) is 5.82 Å². The molecule has 0 saturated carbocycles. The van der Waals surface area contributed by atoms with Gasteiger partial charge in [-0.1, -0.05) is 0 Å². The maximum atomic E-state index is 14.0. The topological polar surface area (TPSA) is 66.6 Å². The molecule has 0 aliphatic carbocycles. The summed E-state index contributed by atoms with van der Waals surface area (Å²) in [5.41, 5.74) is 6.43. The Kier molecular flexibility index (Phi) is 3.75. The van der Waals surface area contributed by atoms with E-state index in [0.29, 0.717) is 24.3 Å². The Bertz CT molecular complexity index is 502. The Morgan fingerprint density at radius 1 is 1.58 bits per heavy atom. The molecule has 1 aliphatic rings. The van der Waals surface area contributed by atoms with Gasteiger partial charge >= 0.3 is 0 Å². The molecular weight excluding hydrogens is 247 g/mol. The third-order valence-corrected chi connectivity index (χ3v) is 3.70. The molecule has 0 aromatic heterocycles. The van der Waals surface area contributed by atoms with Crippen molar-refractivity contribution in [3.63, 3.8) is 0 Å². The molecule has 1 fully saturated rings.